The van der Waals surface area contributed by atoms with Crippen LogP contribution in [-0.2, 0) is 9.59 Å². The monoisotopic (exact) mass is 214 g/mol. The fourth-order valence-corrected chi connectivity index (χ4v) is 2.10. The Morgan fingerprint density at radius 1 is 1.47 bits per heavy atom. The van der Waals surface area contributed by atoms with Gasteiger partial charge >= 0.3 is 5.97 Å². The van der Waals surface area contributed by atoms with Crippen molar-refractivity contribution >= 4 is 11.9 Å². The summed E-state index contributed by atoms with van der Waals surface area (Å²) < 4.78 is 0. The molecule has 0 bridgehead atoms. The molecular weight excluding hydrogens is 196 g/mol. The maximum absolute atomic E-state index is 11.1. The fourth-order valence-electron chi connectivity index (χ4n) is 2.10. The fraction of sp³-hybridized carbons (Fsp3) is 0.800. The number of nitrogens with two attached hydrogens (primary N) is 1. The van der Waals surface area contributed by atoms with Crippen molar-refractivity contribution in [2.75, 3.05) is 13.1 Å². The molecule has 0 spiro atoms. The van der Waals surface area contributed by atoms with Gasteiger partial charge in [-0.3, -0.25) is 14.5 Å². The van der Waals surface area contributed by atoms with Gasteiger partial charge < -0.3 is 10.8 Å². The van der Waals surface area contributed by atoms with Crippen LogP contribution < -0.4 is 5.73 Å². The van der Waals surface area contributed by atoms with Crippen LogP contribution in [0.5, 0.6) is 0 Å². The summed E-state index contributed by atoms with van der Waals surface area (Å²) in [5, 5.41) is 8.82. The molecule has 1 fully saturated rings. The lowest BCUT2D eigenvalue weighted by Gasteiger charge is -2.34. The number of carbonyl (C=O) groups is 2. The van der Waals surface area contributed by atoms with Gasteiger partial charge in [0, 0.05) is 0 Å². The highest BCUT2D eigenvalue weighted by molar-refractivity contribution is 5.79. The number of likely N-dealkylation sites (tertiary alicyclic amines) is 1. The number of carboxylic acid groups (broad SMARTS) is 1. The Morgan fingerprint density at radius 3 is 2.33 bits per heavy atom. The summed E-state index contributed by atoms with van der Waals surface area (Å²) in [7, 11) is 0. The van der Waals surface area contributed by atoms with E-state index in [1.807, 2.05) is 11.8 Å². The average molecular weight is 214 g/mol. The minimum atomic E-state index is -0.734. The van der Waals surface area contributed by atoms with E-state index in [2.05, 4.69) is 0 Å². The van der Waals surface area contributed by atoms with Crippen molar-refractivity contribution in [2.45, 2.75) is 32.2 Å². The van der Waals surface area contributed by atoms with Crippen LogP contribution in [-0.4, -0.2) is 41.0 Å². The van der Waals surface area contributed by atoms with Crippen molar-refractivity contribution in [3.63, 3.8) is 0 Å². The molecule has 1 saturated heterocycles. The zero-order chi connectivity index (χ0) is 11.4. The van der Waals surface area contributed by atoms with Crippen molar-refractivity contribution in [3.8, 4) is 0 Å². The van der Waals surface area contributed by atoms with Gasteiger partial charge in [0.15, 0.2) is 0 Å². The summed E-state index contributed by atoms with van der Waals surface area (Å²) in [6, 6.07) is -0.236. The predicted molar refractivity (Wildman–Crippen MR) is 55.2 cm³/mol. The third-order valence-corrected chi connectivity index (χ3v) is 3.03. The minimum Gasteiger partial charge on any atom is -0.481 e. The Morgan fingerprint density at radius 2 is 2.00 bits per heavy atom. The van der Waals surface area contributed by atoms with Crippen LogP contribution in [0.3, 0.4) is 0 Å². The number of primary amides is 1. The minimum absolute atomic E-state index is 0.236. The lowest BCUT2D eigenvalue weighted by atomic mass is 9.95. The molecule has 1 aliphatic rings. The summed E-state index contributed by atoms with van der Waals surface area (Å²) >= 11 is 0. The first-order valence-corrected chi connectivity index (χ1v) is 5.32. The maximum Gasteiger partial charge on any atom is 0.306 e. The number of carboxylic acids is 1. The smallest absolute Gasteiger partial charge is 0.306 e. The molecule has 0 saturated carbocycles. The molecule has 1 unspecified atom stereocenters. The second-order valence-electron chi connectivity index (χ2n) is 3.97. The van der Waals surface area contributed by atoms with E-state index in [1.165, 1.54) is 0 Å². The zero-order valence-electron chi connectivity index (χ0n) is 8.98. The molecule has 1 aliphatic heterocycles. The van der Waals surface area contributed by atoms with Crippen LogP contribution in [0.1, 0.15) is 26.2 Å². The number of amides is 1. The molecule has 0 aromatic heterocycles. The first-order valence-electron chi connectivity index (χ1n) is 5.32. The van der Waals surface area contributed by atoms with Gasteiger partial charge in [-0.1, -0.05) is 6.92 Å². The molecule has 5 nitrogen and oxygen atoms in total. The van der Waals surface area contributed by atoms with Gasteiger partial charge in [0.25, 0.3) is 0 Å². The van der Waals surface area contributed by atoms with E-state index in [4.69, 9.17) is 10.8 Å². The zero-order valence-corrected chi connectivity index (χ0v) is 8.98. The maximum atomic E-state index is 11.1. The topological polar surface area (TPSA) is 83.6 Å². The summed E-state index contributed by atoms with van der Waals surface area (Å²) in [6.45, 7) is 3.22. The normalized spacial score (nSPS) is 21.1. The van der Waals surface area contributed by atoms with E-state index in [9.17, 15) is 9.59 Å². The first kappa shape index (κ1) is 12.0. The summed E-state index contributed by atoms with van der Waals surface area (Å²) in [4.78, 5) is 23.8. The van der Waals surface area contributed by atoms with E-state index < -0.39 is 5.97 Å². The van der Waals surface area contributed by atoms with Crippen molar-refractivity contribution in [1.82, 2.24) is 4.90 Å². The molecule has 1 rings (SSSR count). The number of hydrogen-bond acceptors (Lipinski definition) is 3. The Kier molecular flexibility index (Phi) is 4.08. The van der Waals surface area contributed by atoms with Crippen molar-refractivity contribution < 1.29 is 14.7 Å². The summed E-state index contributed by atoms with van der Waals surface area (Å²) in [6.07, 6.45) is 1.91. The standard InChI is InChI=1S/C10H18N2O3/c1-2-8(9(11)13)12-5-3-7(4-6-12)10(14)15/h7-8H,2-6H2,1H3,(H2,11,13)(H,14,15). The molecule has 0 radical (unpaired) electrons. The van der Waals surface area contributed by atoms with E-state index in [-0.39, 0.29) is 17.9 Å². The first-order chi connectivity index (χ1) is 7.06. The van der Waals surface area contributed by atoms with E-state index >= 15 is 0 Å². The average Bonchev–Trinajstić information content (AvgIpc) is 2.19. The summed E-state index contributed by atoms with van der Waals surface area (Å²) in [5.41, 5.74) is 5.28. The van der Waals surface area contributed by atoms with Crippen molar-refractivity contribution in [1.29, 1.82) is 0 Å². The highest BCUT2D eigenvalue weighted by atomic mass is 16.4. The summed E-state index contributed by atoms with van der Waals surface area (Å²) in [5.74, 6) is -1.31. The second kappa shape index (κ2) is 5.11. The van der Waals surface area contributed by atoms with Crippen LogP contribution in [0.4, 0.5) is 0 Å². The molecule has 1 heterocycles. The molecule has 0 aliphatic carbocycles. The number of carbonyl (C=O) groups excluding carboxylic acids is 1. The SMILES string of the molecule is CCC(C(N)=O)N1CCC(C(=O)O)CC1. The number of aliphatic carboxylic acids is 1. The molecule has 0 aromatic rings. The van der Waals surface area contributed by atoms with E-state index in [0.717, 1.165) is 0 Å². The quantitative estimate of drug-likeness (QED) is 0.692. The van der Waals surface area contributed by atoms with Crippen LogP contribution in [0.25, 0.3) is 0 Å². The lowest BCUT2D eigenvalue weighted by Crippen LogP contribution is -2.48. The molecular formula is C10H18N2O3. The highest BCUT2D eigenvalue weighted by Gasteiger charge is 2.29. The van der Waals surface area contributed by atoms with Gasteiger partial charge in [0.2, 0.25) is 5.91 Å². The lowest BCUT2D eigenvalue weighted by molar-refractivity contribution is -0.143. The van der Waals surface area contributed by atoms with E-state index in [0.29, 0.717) is 32.4 Å². The van der Waals surface area contributed by atoms with E-state index in [1.54, 1.807) is 0 Å². The van der Waals surface area contributed by atoms with Crippen molar-refractivity contribution in [3.05, 3.63) is 0 Å². The number of hydrogen-bond donors (Lipinski definition) is 2. The Hall–Kier alpha value is -1.10. The number of rotatable bonds is 4. The Balaban J connectivity index is 2.49. The third kappa shape index (κ3) is 2.92. The number of nitrogens with zero attached hydrogens (tertiary/aromatic N) is 1. The van der Waals surface area contributed by atoms with Gasteiger partial charge in [-0.15, -0.1) is 0 Å². The Labute approximate surface area is 89.2 Å². The molecule has 0 aromatic carbocycles. The number of piperidine rings is 1. The third-order valence-electron chi connectivity index (χ3n) is 3.03. The van der Waals surface area contributed by atoms with Crippen molar-refractivity contribution in [2.24, 2.45) is 11.7 Å². The molecule has 1 amide bonds. The van der Waals surface area contributed by atoms with Gasteiger partial charge in [0.05, 0.1) is 12.0 Å². The molecule has 15 heavy (non-hydrogen) atoms. The molecule has 3 N–H and O–H groups in total. The molecule has 1 atom stereocenters. The van der Waals surface area contributed by atoms with Gasteiger partial charge in [0.1, 0.15) is 0 Å². The van der Waals surface area contributed by atoms with Crippen LogP contribution in [0.2, 0.25) is 0 Å². The largest absolute Gasteiger partial charge is 0.481 e. The van der Waals surface area contributed by atoms with Crippen LogP contribution in [0, 0.1) is 5.92 Å². The molecule has 5 heteroatoms. The van der Waals surface area contributed by atoms with Crippen LogP contribution >= 0.6 is 0 Å². The van der Waals surface area contributed by atoms with Gasteiger partial charge in [-0.05, 0) is 32.4 Å². The highest BCUT2D eigenvalue weighted by Crippen LogP contribution is 2.19. The Bertz CT molecular complexity index is 247. The van der Waals surface area contributed by atoms with Gasteiger partial charge in [-0.25, -0.2) is 0 Å². The van der Waals surface area contributed by atoms with Crippen LogP contribution in [0.15, 0.2) is 0 Å². The second-order valence-corrected chi connectivity index (χ2v) is 3.97. The predicted octanol–water partition coefficient (Wildman–Crippen LogP) is 0.0469. The molecule has 86 valence electrons. The van der Waals surface area contributed by atoms with Gasteiger partial charge in [-0.2, -0.15) is 0 Å².